The van der Waals surface area contributed by atoms with E-state index in [-0.39, 0.29) is 11.7 Å². The van der Waals surface area contributed by atoms with Crippen LogP contribution in [-0.2, 0) is 6.42 Å². The van der Waals surface area contributed by atoms with Crippen LogP contribution in [0.1, 0.15) is 21.5 Å². The molecular formula is C16H17FN2O. The number of benzene rings is 2. The van der Waals surface area contributed by atoms with Gasteiger partial charge in [0.2, 0.25) is 0 Å². The zero-order valence-electron chi connectivity index (χ0n) is 11.3. The third kappa shape index (κ3) is 3.65. The summed E-state index contributed by atoms with van der Waals surface area (Å²) in [6, 6.07) is 11.7. The SMILES string of the molecule is Cc1cc(F)cc(NC(=O)c2ccc(CCN)cc2)c1. The van der Waals surface area contributed by atoms with Crippen molar-refractivity contribution in [2.75, 3.05) is 11.9 Å². The summed E-state index contributed by atoms with van der Waals surface area (Å²) in [6.45, 7) is 2.36. The molecule has 20 heavy (non-hydrogen) atoms. The van der Waals surface area contributed by atoms with Gasteiger partial charge in [0.1, 0.15) is 5.82 Å². The van der Waals surface area contributed by atoms with Gasteiger partial charge in [-0.2, -0.15) is 0 Å². The van der Waals surface area contributed by atoms with Gasteiger partial charge in [0, 0.05) is 11.3 Å². The second-order valence-corrected chi connectivity index (χ2v) is 4.71. The molecule has 104 valence electrons. The van der Waals surface area contributed by atoms with Crippen molar-refractivity contribution >= 4 is 11.6 Å². The summed E-state index contributed by atoms with van der Waals surface area (Å²) >= 11 is 0. The summed E-state index contributed by atoms with van der Waals surface area (Å²) < 4.78 is 13.3. The van der Waals surface area contributed by atoms with E-state index in [1.54, 1.807) is 25.1 Å². The van der Waals surface area contributed by atoms with Crippen LogP contribution < -0.4 is 11.1 Å². The van der Waals surface area contributed by atoms with Crippen molar-refractivity contribution < 1.29 is 9.18 Å². The fourth-order valence-corrected chi connectivity index (χ4v) is 2.00. The first-order valence-corrected chi connectivity index (χ1v) is 6.46. The molecule has 3 nitrogen and oxygen atoms in total. The van der Waals surface area contributed by atoms with Crippen molar-refractivity contribution in [3.63, 3.8) is 0 Å². The number of carbonyl (C=O) groups is 1. The molecule has 0 unspecified atom stereocenters. The number of nitrogens with one attached hydrogen (secondary N) is 1. The van der Waals surface area contributed by atoms with Crippen LogP contribution in [0.4, 0.5) is 10.1 Å². The Bertz CT molecular complexity index is 588. The quantitative estimate of drug-likeness (QED) is 0.899. The topological polar surface area (TPSA) is 55.1 Å². The molecule has 0 aliphatic rings. The van der Waals surface area contributed by atoms with Crippen molar-refractivity contribution in [2.24, 2.45) is 5.73 Å². The van der Waals surface area contributed by atoms with Crippen LogP contribution >= 0.6 is 0 Å². The van der Waals surface area contributed by atoms with Gasteiger partial charge in [0.05, 0.1) is 0 Å². The Balaban J connectivity index is 2.11. The molecule has 0 saturated carbocycles. The minimum Gasteiger partial charge on any atom is -0.330 e. The molecule has 2 aromatic rings. The lowest BCUT2D eigenvalue weighted by Crippen LogP contribution is -2.12. The average Bonchev–Trinajstić information content (AvgIpc) is 2.38. The number of halogens is 1. The summed E-state index contributed by atoms with van der Waals surface area (Å²) in [5.74, 6) is -0.618. The minimum absolute atomic E-state index is 0.255. The smallest absolute Gasteiger partial charge is 0.255 e. The van der Waals surface area contributed by atoms with Gasteiger partial charge >= 0.3 is 0 Å². The van der Waals surface area contributed by atoms with Gasteiger partial charge in [-0.1, -0.05) is 12.1 Å². The van der Waals surface area contributed by atoms with Crippen molar-refractivity contribution in [1.82, 2.24) is 0 Å². The second kappa shape index (κ2) is 6.30. The summed E-state index contributed by atoms with van der Waals surface area (Å²) in [7, 11) is 0. The van der Waals surface area contributed by atoms with Gasteiger partial charge in [-0.25, -0.2) is 4.39 Å². The summed E-state index contributed by atoms with van der Waals surface area (Å²) in [4.78, 5) is 12.0. The number of aryl methyl sites for hydroxylation is 1. The predicted molar refractivity (Wildman–Crippen MR) is 78.3 cm³/mol. The highest BCUT2D eigenvalue weighted by Crippen LogP contribution is 2.15. The Morgan fingerprint density at radius 3 is 2.50 bits per heavy atom. The van der Waals surface area contributed by atoms with E-state index in [2.05, 4.69) is 5.32 Å². The van der Waals surface area contributed by atoms with Crippen molar-refractivity contribution in [3.8, 4) is 0 Å². The van der Waals surface area contributed by atoms with E-state index >= 15 is 0 Å². The van der Waals surface area contributed by atoms with E-state index in [4.69, 9.17) is 5.73 Å². The molecule has 0 heterocycles. The molecule has 0 spiro atoms. The predicted octanol–water partition coefficient (Wildman–Crippen LogP) is 2.89. The highest BCUT2D eigenvalue weighted by molar-refractivity contribution is 6.04. The van der Waals surface area contributed by atoms with Crippen LogP contribution in [-0.4, -0.2) is 12.5 Å². The van der Waals surface area contributed by atoms with Gasteiger partial charge in [0.15, 0.2) is 0 Å². The van der Waals surface area contributed by atoms with Gasteiger partial charge in [-0.05, 0) is 61.3 Å². The normalized spacial score (nSPS) is 10.3. The van der Waals surface area contributed by atoms with Crippen LogP contribution in [0.5, 0.6) is 0 Å². The molecule has 0 radical (unpaired) electrons. The number of amides is 1. The zero-order chi connectivity index (χ0) is 14.5. The minimum atomic E-state index is -0.362. The maximum atomic E-state index is 13.3. The van der Waals surface area contributed by atoms with Crippen LogP contribution in [0, 0.1) is 12.7 Å². The van der Waals surface area contributed by atoms with Crippen LogP contribution in [0.2, 0.25) is 0 Å². The number of hydrogen-bond acceptors (Lipinski definition) is 2. The van der Waals surface area contributed by atoms with Gasteiger partial charge < -0.3 is 11.1 Å². The van der Waals surface area contributed by atoms with Crippen molar-refractivity contribution in [3.05, 3.63) is 65.0 Å². The summed E-state index contributed by atoms with van der Waals surface area (Å²) in [5.41, 5.74) is 8.32. The first-order valence-electron chi connectivity index (χ1n) is 6.46. The standard InChI is InChI=1S/C16H17FN2O/c1-11-8-14(17)10-15(9-11)19-16(20)13-4-2-12(3-5-13)6-7-18/h2-5,8-10H,6-7,18H2,1H3,(H,19,20). The molecule has 2 aromatic carbocycles. The molecule has 0 bridgehead atoms. The fraction of sp³-hybridized carbons (Fsp3) is 0.188. The molecule has 0 saturated heterocycles. The van der Waals surface area contributed by atoms with Crippen LogP contribution in [0.25, 0.3) is 0 Å². The number of anilines is 1. The molecule has 0 atom stereocenters. The molecule has 3 N–H and O–H groups in total. The third-order valence-corrected chi connectivity index (χ3v) is 2.95. The molecule has 0 aliphatic heterocycles. The third-order valence-electron chi connectivity index (χ3n) is 2.95. The maximum Gasteiger partial charge on any atom is 0.255 e. The van der Waals surface area contributed by atoms with Crippen LogP contribution in [0.3, 0.4) is 0 Å². The summed E-state index contributed by atoms with van der Waals surface area (Å²) in [6.07, 6.45) is 0.783. The first-order chi connectivity index (χ1) is 9.58. The molecule has 0 aromatic heterocycles. The largest absolute Gasteiger partial charge is 0.330 e. The Kier molecular flexibility index (Phi) is 4.48. The monoisotopic (exact) mass is 272 g/mol. The molecule has 1 amide bonds. The Hall–Kier alpha value is -2.20. The molecule has 0 aliphatic carbocycles. The average molecular weight is 272 g/mol. The van der Waals surface area contributed by atoms with Gasteiger partial charge in [0.25, 0.3) is 5.91 Å². The van der Waals surface area contributed by atoms with E-state index in [9.17, 15) is 9.18 Å². The van der Waals surface area contributed by atoms with E-state index in [1.165, 1.54) is 12.1 Å². The lowest BCUT2D eigenvalue weighted by atomic mass is 10.1. The lowest BCUT2D eigenvalue weighted by Gasteiger charge is -2.07. The van der Waals surface area contributed by atoms with Gasteiger partial charge in [-0.15, -0.1) is 0 Å². The second-order valence-electron chi connectivity index (χ2n) is 4.71. The molecule has 2 rings (SSSR count). The van der Waals surface area contributed by atoms with Crippen molar-refractivity contribution in [2.45, 2.75) is 13.3 Å². The van der Waals surface area contributed by atoms with Crippen LogP contribution in [0.15, 0.2) is 42.5 Å². The molecule has 4 heteroatoms. The highest BCUT2D eigenvalue weighted by Gasteiger charge is 2.07. The van der Waals surface area contributed by atoms with E-state index in [0.29, 0.717) is 17.8 Å². The van der Waals surface area contributed by atoms with Gasteiger partial charge in [-0.3, -0.25) is 4.79 Å². The highest BCUT2D eigenvalue weighted by atomic mass is 19.1. The molecular weight excluding hydrogens is 255 g/mol. The number of hydrogen-bond donors (Lipinski definition) is 2. The zero-order valence-corrected chi connectivity index (χ0v) is 11.3. The Morgan fingerprint density at radius 1 is 1.20 bits per heavy atom. The maximum absolute atomic E-state index is 13.3. The van der Waals surface area contributed by atoms with E-state index in [0.717, 1.165) is 17.5 Å². The number of nitrogens with two attached hydrogens (primary N) is 1. The number of carbonyl (C=O) groups excluding carboxylic acids is 1. The fourth-order valence-electron chi connectivity index (χ4n) is 2.00. The summed E-state index contributed by atoms with van der Waals surface area (Å²) in [5, 5.41) is 2.69. The number of rotatable bonds is 4. The lowest BCUT2D eigenvalue weighted by molar-refractivity contribution is 0.102. The van der Waals surface area contributed by atoms with E-state index < -0.39 is 0 Å². The Morgan fingerprint density at radius 2 is 1.90 bits per heavy atom. The van der Waals surface area contributed by atoms with E-state index in [1.807, 2.05) is 12.1 Å². The molecule has 0 fully saturated rings. The Labute approximate surface area is 117 Å². The van der Waals surface area contributed by atoms with Crippen molar-refractivity contribution in [1.29, 1.82) is 0 Å². The first kappa shape index (κ1) is 14.2.